The van der Waals surface area contributed by atoms with Gasteiger partial charge in [0, 0.05) is 69.2 Å². The third-order valence-corrected chi connectivity index (χ3v) is 6.16. The SMILES string of the molecule is O=C(Cc1cnc(-c2ccc(Cl)cc2)[nH]1)Nc1cccc(C(F)(F)F)c1.O=C(O)Cc1cnc(-c2ccc(Cl)cc2)[nH]1.[V]. The largest absolute Gasteiger partial charge is 0.481 e. The van der Waals surface area contributed by atoms with Crippen molar-refractivity contribution in [2.75, 3.05) is 5.32 Å². The number of imidazole rings is 2. The van der Waals surface area contributed by atoms with Gasteiger partial charge in [-0.3, -0.25) is 9.59 Å². The Morgan fingerprint density at radius 2 is 1.28 bits per heavy atom. The van der Waals surface area contributed by atoms with E-state index in [9.17, 15) is 22.8 Å². The number of carbonyl (C=O) groups is 2. The number of nitrogens with one attached hydrogen (secondary N) is 3. The second kappa shape index (κ2) is 14.9. The van der Waals surface area contributed by atoms with Crippen molar-refractivity contribution in [1.29, 1.82) is 0 Å². The van der Waals surface area contributed by atoms with E-state index in [2.05, 4.69) is 25.3 Å². The molecule has 1 amide bonds. The molecule has 2 aromatic heterocycles. The predicted molar refractivity (Wildman–Crippen MR) is 153 cm³/mol. The third kappa shape index (κ3) is 10.0. The molecule has 0 unspecified atom stereocenters. The summed E-state index contributed by atoms with van der Waals surface area (Å²) >= 11 is 11.6. The van der Waals surface area contributed by atoms with Crippen LogP contribution in [0.4, 0.5) is 18.9 Å². The van der Waals surface area contributed by atoms with Crippen molar-refractivity contribution in [2.45, 2.75) is 19.0 Å². The number of carbonyl (C=O) groups excluding carboxylic acids is 1. The molecule has 43 heavy (non-hydrogen) atoms. The molecular formula is C29H22Cl2F3N5O3V. The first-order valence-corrected chi connectivity index (χ1v) is 13.0. The molecule has 0 atom stereocenters. The minimum atomic E-state index is -4.46. The van der Waals surface area contributed by atoms with Crippen LogP contribution in [0.5, 0.6) is 0 Å². The zero-order valence-electron chi connectivity index (χ0n) is 22.0. The zero-order chi connectivity index (χ0) is 30.3. The summed E-state index contributed by atoms with van der Waals surface area (Å²) in [5.74, 6) is -0.113. The summed E-state index contributed by atoms with van der Waals surface area (Å²) in [6.07, 6.45) is -1.53. The van der Waals surface area contributed by atoms with Gasteiger partial charge in [-0.15, -0.1) is 0 Å². The van der Waals surface area contributed by atoms with Crippen molar-refractivity contribution >= 4 is 40.8 Å². The number of aromatic amines is 2. The van der Waals surface area contributed by atoms with E-state index in [1.807, 2.05) is 12.1 Å². The van der Waals surface area contributed by atoms with Gasteiger partial charge < -0.3 is 20.4 Å². The van der Waals surface area contributed by atoms with Crippen LogP contribution in [0.15, 0.2) is 85.2 Å². The molecule has 0 aliphatic carbocycles. The minimum Gasteiger partial charge on any atom is -0.481 e. The molecule has 0 aliphatic rings. The van der Waals surface area contributed by atoms with Crippen molar-refractivity contribution in [2.24, 2.45) is 0 Å². The van der Waals surface area contributed by atoms with Crippen LogP contribution in [-0.2, 0) is 47.2 Å². The number of halogens is 5. The first-order chi connectivity index (χ1) is 20.0. The number of alkyl halides is 3. The normalized spacial score (nSPS) is 10.7. The first kappa shape index (κ1) is 33.5. The maximum Gasteiger partial charge on any atom is 0.416 e. The smallest absolute Gasteiger partial charge is 0.416 e. The zero-order valence-corrected chi connectivity index (χ0v) is 24.9. The van der Waals surface area contributed by atoms with Gasteiger partial charge in [-0.1, -0.05) is 29.3 Å². The monoisotopic (exact) mass is 666 g/mol. The van der Waals surface area contributed by atoms with Gasteiger partial charge in [0.05, 0.1) is 18.4 Å². The van der Waals surface area contributed by atoms with Gasteiger partial charge in [-0.25, -0.2) is 9.97 Å². The van der Waals surface area contributed by atoms with E-state index in [-0.39, 0.29) is 37.1 Å². The van der Waals surface area contributed by atoms with Gasteiger partial charge >= 0.3 is 12.1 Å². The van der Waals surface area contributed by atoms with Crippen LogP contribution in [0.25, 0.3) is 22.8 Å². The predicted octanol–water partition coefficient (Wildman–Crippen LogP) is 7.28. The number of hydrogen-bond donors (Lipinski definition) is 4. The van der Waals surface area contributed by atoms with Crippen LogP contribution in [0.3, 0.4) is 0 Å². The molecule has 5 rings (SSSR count). The topological polar surface area (TPSA) is 124 Å². The number of hydrogen-bond acceptors (Lipinski definition) is 4. The summed E-state index contributed by atoms with van der Waals surface area (Å²) in [7, 11) is 0. The fourth-order valence-corrected chi connectivity index (χ4v) is 3.97. The summed E-state index contributed by atoms with van der Waals surface area (Å²) in [4.78, 5) is 36.8. The Bertz CT molecular complexity index is 1670. The van der Waals surface area contributed by atoms with E-state index < -0.39 is 23.6 Å². The molecule has 221 valence electrons. The maximum absolute atomic E-state index is 12.7. The molecular weight excluding hydrogens is 645 g/mol. The van der Waals surface area contributed by atoms with Crippen LogP contribution in [-0.4, -0.2) is 36.9 Å². The van der Waals surface area contributed by atoms with Gasteiger partial charge in [0.15, 0.2) is 0 Å². The Morgan fingerprint density at radius 1 is 0.791 bits per heavy atom. The number of aromatic nitrogens is 4. The molecule has 14 heteroatoms. The Hall–Kier alpha value is -4.03. The molecule has 8 nitrogen and oxygen atoms in total. The second-order valence-corrected chi connectivity index (χ2v) is 9.77. The molecule has 0 fully saturated rings. The summed E-state index contributed by atoms with van der Waals surface area (Å²) in [6.45, 7) is 0. The van der Waals surface area contributed by atoms with Crippen molar-refractivity contribution in [3.63, 3.8) is 0 Å². The van der Waals surface area contributed by atoms with Crippen LogP contribution >= 0.6 is 23.2 Å². The number of carboxylic acids is 1. The summed E-state index contributed by atoms with van der Waals surface area (Å²) in [6, 6.07) is 18.7. The summed E-state index contributed by atoms with van der Waals surface area (Å²) < 4.78 is 38.1. The van der Waals surface area contributed by atoms with Crippen LogP contribution < -0.4 is 5.32 Å². The Morgan fingerprint density at radius 3 is 1.74 bits per heavy atom. The molecule has 3 aromatic carbocycles. The van der Waals surface area contributed by atoms with E-state index in [4.69, 9.17) is 28.3 Å². The molecule has 0 bridgehead atoms. The van der Waals surface area contributed by atoms with Crippen molar-refractivity contribution < 1.29 is 46.4 Å². The number of amides is 1. The fourth-order valence-electron chi connectivity index (χ4n) is 3.72. The number of nitrogens with zero attached hydrogens (tertiary/aromatic N) is 2. The van der Waals surface area contributed by atoms with Gasteiger partial charge in [0.1, 0.15) is 11.6 Å². The maximum atomic E-state index is 12.7. The summed E-state index contributed by atoms with van der Waals surface area (Å²) in [5, 5.41) is 12.3. The van der Waals surface area contributed by atoms with E-state index in [1.54, 1.807) is 36.4 Å². The van der Waals surface area contributed by atoms with Gasteiger partial charge in [0.25, 0.3) is 0 Å². The van der Waals surface area contributed by atoms with E-state index in [0.29, 0.717) is 33.1 Å². The molecule has 1 radical (unpaired) electrons. The molecule has 0 aliphatic heterocycles. The number of H-pyrrole nitrogens is 2. The Balaban J connectivity index is 0.000000256. The average Bonchev–Trinajstić information content (AvgIpc) is 3.59. The number of anilines is 1. The van der Waals surface area contributed by atoms with Crippen LogP contribution in [0, 0.1) is 0 Å². The number of benzene rings is 3. The molecule has 2 heterocycles. The van der Waals surface area contributed by atoms with Crippen LogP contribution in [0.1, 0.15) is 17.0 Å². The van der Waals surface area contributed by atoms with Crippen molar-refractivity contribution in [1.82, 2.24) is 19.9 Å². The first-order valence-electron chi connectivity index (χ1n) is 12.2. The molecule has 0 saturated heterocycles. The van der Waals surface area contributed by atoms with Gasteiger partial charge in [0.2, 0.25) is 5.91 Å². The van der Waals surface area contributed by atoms with Gasteiger partial charge in [-0.2, -0.15) is 13.2 Å². The fraction of sp³-hybridized carbons (Fsp3) is 0.103. The minimum absolute atomic E-state index is 0. The number of rotatable bonds is 7. The Kier molecular flexibility index (Phi) is 11.6. The van der Waals surface area contributed by atoms with Crippen molar-refractivity contribution in [3.05, 3.63) is 112 Å². The molecule has 4 N–H and O–H groups in total. The second-order valence-electron chi connectivity index (χ2n) is 8.90. The summed E-state index contributed by atoms with van der Waals surface area (Å²) in [5.41, 5.74) is 2.07. The number of carboxylic acid groups (broad SMARTS) is 1. The number of aliphatic carboxylic acids is 1. The van der Waals surface area contributed by atoms with Gasteiger partial charge in [-0.05, 0) is 66.7 Å². The van der Waals surface area contributed by atoms with Crippen LogP contribution in [0.2, 0.25) is 10.0 Å². The Labute approximate surface area is 265 Å². The molecule has 0 spiro atoms. The van der Waals surface area contributed by atoms with E-state index >= 15 is 0 Å². The molecule has 5 aromatic rings. The molecule has 0 saturated carbocycles. The van der Waals surface area contributed by atoms with E-state index in [1.165, 1.54) is 24.5 Å². The van der Waals surface area contributed by atoms with Crippen molar-refractivity contribution in [3.8, 4) is 22.8 Å². The quantitative estimate of drug-likeness (QED) is 0.145. The standard InChI is InChI=1S/C18H13ClF3N3O.C11H9ClN2O2.V/c19-13-6-4-11(5-7-13)17-23-10-15(25-17)9-16(26)24-14-3-1-2-12(8-14)18(20,21)22;12-8-3-1-7(2-4-8)11-13-6-9(14-11)5-10(15)16;/h1-8,10H,9H2,(H,23,25)(H,24,26);1-4,6H,5H2,(H,13,14)(H,15,16);. The third-order valence-electron chi connectivity index (χ3n) is 5.66. The van der Waals surface area contributed by atoms with E-state index in [0.717, 1.165) is 23.3 Å². The average molecular weight is 667 g/mol.